The number of carbonyl (C=O) groups excluding carboxylic acids is 1. The number of thiophene rings is 1. The molecular weight excluding hydrogens is 382 g/mol. The molecule has 0 spiro atoms. The summed E-state index contributed by atoms with van der Waals surface area (Å²) >= 11 is 1.70. The molecule has 1 aromatic carbocycles. The largest absolute Gasteiger partial charge is 0.484 e. The Kier molecular flexibility index (Phi) is 7.33. The van der Waals surface area contributed by atoms with E-state index in [0.717, 1.165) is 31.9 Å². The van der Waals surface area contributed by atoms with E-state index in [1.54, 1.807) is 11.3 Å². The molecular formula is C23H33N3O2S. The first kappa shape index (κ1) is 21.8. The van der Waals surface area contributed by atoms with Crippen LogP contribution in [0, 0.1) is 0 Å². The van der Waals surface area contributed by atoms with Crippen LogP contribution < -0.4 is 10.1 Å². The summed E-state index contributed by atoms with van der Waals surface area (Å²) in [5, 5.41) is 7.36. The lowest BCUT2D eigenvalue weighted by Crippen LogP contribution is -2.48. The molecule has 1 atom stereocenters. The number of likely N-dealkylation sites (N-methyl/N-ethyl adjacent to an activating group) is 1. The lowest BCUT2D eigenvalue weighted by Gasteiger charge is -2.38. The van der Waals surface area contributed by atoms with E-state index in [2.05, 4.69) is 71.9 Å². The topological polar surface area (TPSA) is 44.8 Å². The van der Waals surface area contributed by atoms with Gasteiger partial charge in [0, 0.05) is 32.7 Å². The minimum absolute atomic E-state index is 0.0357. The molecule has 2 heterocycles. The third-order valence-electron chi connectivity index (χ3n) is 5.49. The van der Waals surface area contributed by atoms with Gasteiger partial charge in [-0.15, -0.1) is 0 Å². The molecule has 0 aliphatic carbocycles. The number of hydrogen-bond acceptors (Lipinski definition) is 5. The smallest absolute Gasteiger partial charge is 0.258 e. The Morgan fingerprint density at radius 3 is 2.41 bits per heavy atom. The van der Waals surface area contributed by atoms with Crippen molar-refractivity contribution in [1.82, 2.24) is 15.1 Å². The summed E-state index contributed by atoms with van der Waals surface area (Å²) in [4.78, 5) is 17.2. The van der Waals surface area contributed by atoms with Crippen LogP contribution in [0.2, 0.25) is 0 Å². The van der Waals surface area contributed by atoms with Crippen molar-refractivity contribution in [1.29, 1.82) is 0 Å². The fourth-order valence-electron chi connectivity index (χ4n) is 3.52. The maximum Gasteiger partial charge on any atom is 0.258 e. The SMILES string of the molecule is CN1CCN(C(CNC(=O)COc2ccc(C(C)(C)C)cc2)c2ccsc2)CC1. The lowest BCUT2D eigenvalue weighted by molar-refractivity contribution is -0.123. The van der Waals surface area contributed by atoms with Crippen LogP contribution in [0.1, 0.15) is 37.9 Å². The first-order valence-corrected chi connectivity index (χ1v) is 11.2. The molecule has 1 aliphatic rings. The van der Waals surface area contributed by atoms with Gasteiger partial charge >= 0.3 is 0 Å². The molecule has 1 aromatic heterocycles. The van der Waals surface area contributed by atoms with Gasteiger partial charge in [0.1, 0.15) is 5.75 Å². The van der Waals surface area contributed by atoms with Crippen molar-refractivity contribution >= 4 is 17.2 Å². The van der Waals surface area contributed by atoms with Crippen molar-refractivity contribution in [3.8, 4) is 5.75 Å². The third-order valence-corrected chi connectivity index (χ3v) is 6.19. The molecule has 1 aliphatic heterocycles. The minimum atomic E-state index is -0.0840. The fraction of sp³-hybridized carbons (Fsp3) is 0.522. The van der Waals surface area contributed by atoms with Gasteiger partial charge < -0.3 is 15.0 Å². The van der Waals surface area contributed by atoms with E-state index in [9.17, 15) is 4.79 Å². The molecule has 2 aromatic rings. The van der Waals surface area contributed by atoms with Crippen molar-refractivity contribution in [2.24, 2.45) is 0 Å². The number of nitrogens with one attached hydrogen (secondary N) is 1. The molecule has 0 saturated carbocycles. The van der Waals surface area contributed by atoms with Crippen LogP contribution >= 0.6 is 11.3 Å². The van der Waals surface area contributed by atoms with Crippen LogP contribution in [0.25, 0.3) is 0 Å². The molecule has 1 N–H and O–H groups in total. The van der Waals surface area contributed by atoms with E-state index in [4.69, 9.17) is 4.74 Å². The average Bonchev–Trinajstić information content (AvgIpc) is 3.22. The molecule has 158 valence electrons. The number of carbonyl (C=O) groups is 1. The van der Waals surface area contributed by atoms with Crippen molar-refractivity contribution in [3.63, 3.8) is 0 Å². The number of piperazine rings is 1. The molecule has 1 fully saturated rings. The third kappa shape index (κ3) is 6.29. The Bertz CT molecular complexity index is 760. The molecule has 6 heteroatoms. The summed E-state index contributed by atoms with van der Waals surface area (Å²) in [5.74, 6) is 0.640. The highest BCUT2D eigenvalue weighted by molar-refractivity contribution is 7.07. The number of nitrogens with zero attached hydrogens (tertiary/aromatic N) is 2. The van der Waals surface area contributed by atoms with Gasteiger partial charge in [0.15, 0.2) is 6.61 Å². The number of rotatable bonds is 7. The molecule has 29 heavy (non-hydrogen) atoms. The first-order valence-electron chi connectivity index (χ1n) is 10.3. The number of amides is 1. The Balaban J connectivity index is 1.51. The monoisotopic (exact) mass is 415 g/mol. The van der Waals surface area contributed by atoms with E-state index in [0.29, 0.717) is 6.54 Å². The number of benzene rings is 1. The zero-order chi connectivity index (χ0) is 20.9. The summed E-state index contributed by atoms with van der Waals surface area (Å²) in [6.45, 7) is 11.3. The highest BCUT2D eigenvalue weighted by Gasteiger charge is 2.24. The van der Waals surface area contributed by atoms with Gasteiger partial charge in [-0.2, -0.15) is 11.3 Å². The summed E-state index contributed by atoms with van der Waals surface area (Å²) in [5.41, 5.74) is 2.63. The summed E-state index contributed by atoms with van der Waals surface area (Å²) in [6, 6.07) is 10.4. The molecule has 5 nitrogen and oxygen atoms in total. The van der Waals surface area contributed by atoms with Crippen LogP contribution in [0.5, 0.6) is 5.75 Å². The van der Waals surface area contributed by atoms with Gasteiger partial charge in [-0.25, -0.2) is 0 Å². The molecule has 1 amide bonds. The normalized spacial score (nSPS) is 17.1. The first-order chi connectivity index (χ1) is 13.8. The predicted molar refractivity (Wildman–Crippen MR) is 120 cm³/mol. The Morgan fingerprint density at radius 1 is 1.14 bits per heavy atom. The van der Waals surface area contributed by atoms with E-state index >= 15 is 0 Å². The van der Waals surface area contributed by atoms with Crippen molar-refractivity contribution in [2.75, 3.05) is 46.4 Å². The molecule has 1 unspecified atom stereocenters. The highest BCUT2D eigenvalue weighted by atomic mass is 32.1. The van der Waals surface area contributed by atoms with Crippen molar-refractivity contribution in [2.45, 2.75) is 32.2 Å². The second-order valence-electron chi connectivity index (χ2n) is 8.78. The Hall–Kier alpha value is -1.89. The second kappa shape index (κ2) is 9.74. The average molecular weight is 416 g/mol. The fourth-order valence-corrected chi connectivity index (χ4v) is 4.22. The van der Waals surface area contributed by atoms with Crippen LogP contribution in [0.3, 0.4) is 0 Å². The summed E-state index contributed by atoms with van der Waals surface area (Å²) in [7, 11) is 2.16. The maximum atomic E-state index is 12.4. The summed E-state index contributed by atoms with van der Waals surface area (Å²) < 4.78 is 5.69. The van der Waals surface area contributed by atoms with Crippen LogP contribution in [-0.4, -0.2) is 62.1 Å². The predicted octanol–water partition coefficient (Wildman–Crippen LogP) is 3.53. The summed E-state index contributed by atoms with van der Waals surface area (Å²) in [6.07, 6.45) is 0. The van der Waals surface area contributed by atoms with Crippen molar-refractivity contribution in [3.05, 3.63) is 52.2 Å². The van der Waals surface area contributed by atoms with Gasteiger partial charge in [0.05, 0.1) is 6.04 Å². The van der Waals surface area contributed by atoms with E-state index in [-0.39, 0.29) is 24.0 Å². The second-order valence-corrected chi connectivity index (χ2v) is 9.56. The minimum Gasteiger partial charge on any atom is -0.484 e. The number of ether oxygens (including phenoxy) is 1. The van der Waals surface area contributed by atoms with Crippen molar-refractivity contribution < 1.29 is 9.53 Å². The van der Waals surface area contributed by atoms with E-state index in [1.165, 1.54) is 11.1 Å². The maximum absolute atomic E-state index is 12.4. The molecule has 0 bridgehead atoms. The van der Waals surface area contributed by atoms with Gasteiger partial charge in [-0.05, 0) is 52.5 Å². The lowest BCUT2D eigenvalue weighted by atomic mass is 9.87. The Morgan fingerprint density at radius 2 is 1.83 bits per heavy atom. The molecule has 0 radical (unpaired) electrons. The Labute approximate surface area is 178 Å². The zero-order valence-corrected chi connectivity index (χ0v) is 18.8. The van der Waals surface area contributed by atoms with Gasteiger partial charge in [0.25, 0.3) is 5.91 Å². The van der Waals surface area contributed by atoms with Crippen LogP contribution in [0.15, 0.2) is 41.1 Å². The van der Waals surface area contributed by atoms with E-state index in [1.807, 2.05) is 12.1 Å². The van der Waals surface area contributed by atoms with Gasteiger partial charge in [-0.3, -0.25) is 9.69 Å². The van der Waals surface area contributed by atoms with Gasteiger partial charge in [-0.1, -0.05) is 32.9 Å². The quantitative estimate of drug-likeness (QED) is 0.751. The zero-order valence-electron chi connectivity index (χ0n) is 18.0. The van der Waals surface area contributed by atoms with Gasteiger partial charge in [0.2, 0.25) is 0 Å². The standard InChI is InChI=1S/C23H33N3O2S/c1-23(2,3)19-5-7-20(8-6-19)28-16-22(27)24-15-21(18-9-14-29-17-18)26-12-10-25(4)11-13-26/h5-9,14,17,21H,10-13,15-16H2,1-4H3,(H,24,27). The van der Waals surface area contributed by atoms with Crippen LogP contribution in [0.4, 0.5) is 0 Å². The highest BCUT2D eigenvalue weighted by Crippen LogP contribution is 2.25. The van der Waals surface area contributed by atoms with Crippen LogP contribution in [-0.2, 0) is 10.2 Å². The molecule has 1 saturated heterocycles. The molecule has 3 rings (SSSR count). The number of hydrogen-bond donors (Lipinski definition) is 1. The van der Waals surface area contributed by atoms with E-state index < -0.39 is 0 Å².